The molecule has 1 atom stereocenters. The van der Waals surface area contributed by atoms with Crippen molar-refractivity contribution in [3.8, 4) is 0 Å². The first-order chi connectivity index (χ1) is 18.4. The van der Waals surface area contributed by atoms with Crippen molar-refractivity contribution in [2.24, 2.45) is 11.1 Å². The Morgan fingerprint density at radius 1 is 1.18 bits per heavy atom. The fraction of sp³-hybridized carbons (Fsp3) is 0.357. The van der Waals surface area contributed by atoms with Crippen LogP contribution in [0.2, 0.25) is 0 Å². The maximum atomic E-state index is 13.2. The summed E-state index contributed by atoms with van der Waals surface area (Å²) in [7, 11) is 0. The van der Waals surface area contributed by atoms with E-state index in [1.165, 1.54) is 11.1 Å². The molecular weight excluding hydrogens is 482 g/mol. The van der Waals surface area contributed by atoms with Gasteiger partial charge in [-0.2, -0.15) is 10.1 Å². The third-order valence-corrected chi connectivity index (χ3v) is 8.62. The number of aliphatic hydroxyl groups is 1. The minimum absolute atomic E-state index is 0.0324. The van der Waals surface area contributed by atoms with E-state index in [1.54, 1.807) is 12.3 Å². The maximum absolute atomic E-state index is 13.2. The maximum Gasteiger partial charge on any atom is 0.264 e. The number of nitrogens with two attached hydrogens (primary N) is 1. The number of hydrogen-bond donors (Lipinski definition) is 4. The van der Waals surface area contributed by atoms with Gasteiger partial charge in [0.1, 0.15) is 11.1 Å². The zero-order valence-corrected chi connectivity index (χ0v) is 20.9. The first-order valence-electron chi connectivity index (χ1n) is 12.9. The fourth-order valence-corrected chi connectivity index (χ4v) is 6.19. The van der Waals surface area contributed by atoms with Gasteiger partial charge in [0.2, 0.25) is 5.95 Å². The molecule has 3 aliphatic rings. The molecule has 10 nitrogen and oxygen atoms in total. The number of H-pyrrole nitrogens is 2. The number of piperidine rings is 1. The molecule has 2 fully saturated rings. The van der Waals surface area contributed by atoms with Crippen molar-refractivity contribution in [1.29, 1.82) is 0 Å². The van der Waals surface area contributed by atoms with E-state index >= 15 is 0 Å². The predicted molar refractivity (Wildman–Crippen MR) is 143 cm³/mol. The average Bonchev–Trinajstić information content (AvgIpc) is 3.47. The van der Waals surface area contributed by atoms with E-state index in [4.69, 9.17) is 15.5 Å². The van der Waals surface area contributed by atoms with E-state index in [0.717, 1.165) is 32.4 Å². The van der Waals surface area contributed by atoms with Gasteiger partial charge in [0.15, 0.2) is 11.2 Å². The molecule has 10 heteroatoms. The molecule has 0 saturated carbocycles. The monoisotopic (exact) mass is 511 g/mol. The van der Waals surface area contributed by atoms with Crippen LogP contribution >= 0.6 is 0 Å². The number of benzene rings is 1. The summed E-state index contributed by atoms with van der Waals surface area (Å²) >= 11 is 0. The van der Waals surface area contributed by atoms with Crippen LogP contribution < -0.4 is 16.2 Å². The molecule has 5 N–H and O–H groups in total. The van der Waals surface area contributed by atoms with Crippen LogP contribution in [0, 0.1) is 5.41 Å². The Morgan fingerprint density at radius 3 is 2.66 bits per heavy atom. The van der Waals surface area contributed by atoms with Crippen LogP contribution in [0.5, 0.6) is 0 Å². The number of ether oxygens (including phenoxy) is 1. The molecule has 7 rings (SSSR count). The molecule has 1 aromatic carbocycles. The molecule has 194 valence electrons. The Kier molecular flexibility index (Phi) is 5.10. The van der Waals surface area contributed by atoms with Gasteiger partial charge in [0.05, 0.1) is 18.9 Å². The summed E-state index contributed by atoms with van der Waals surface area (Å²) in [5.74, 6) is 0.532. The van der Waals surface area contributed by atoms with E-state index in [0.29, 0.717) is 39.5 Å². The van der Waals surface area contributed by atoms with Crippen molar-refractivity contribution in [2.75, 3.05) is 31.2 Å². The van der Waals surface area contributed by atoms with Crippen LogP contribution in [0.1, 0.15) is 47.0 Å². The van der Waals surface area contributed by atoms with Crippen LogP contribution in [0.4, 0.5) is 5.95 Å². The standard InChI is InChI=1S/C28H29N7O3/c1-16(18-6-7-20(30-13-18)28(37)14-38-15-28)22-21-24(34-33-22)31-26(32-25(21)36)35-10-8-27(9-11-35)12-17-4-2-3-5-19(17)23(27)29/h2-7,13,23,37H,1,8-12,14-15,29H2,(H2,31,32,33,34,36)/t23-/m1/s1. The van der Waals surface area contributed by atoms with E-state index in [9.17, 15) is 9.90 Å². The Hall–Kier alpha value is -3.86. The number of hydrogen-bond acceptors (Lipinski definition) is 8. The van der Waals surface area contributed by atoms with E-state index < -0.39 is 5.60 Å². The highest BCUT2D eigenvalue weighted by molar-refractivity contribution is 5.92. The number of aromatic amines is 2. The Bertz CT molecular complexity index is 1610. The van der Waals surface area contributed by atoms with Crippen molar-refractivity contribution < 1.29 is 9.84 Å². The van der Waals surface area contributed by atoms with Crippen LogP contribution in [0.3, 0.4) is 0 Å². The molecule has 0 amide bonds. The van der Waals surface area contributed by atoms with Crippen LogP contribution in [0.15, 0.2) is 54.0 Å². The quantitative estimate of drug-likeness (QED) is 0.326. The van der Waals surface area contributed by atoms with Gasteiger partial charge in [-0.1, -0.05) is 36.9 Å². The second-order valence-electron chi connectivity index (χ2n) is 10.8. The van der Waals surface area contributed by atoms with Gasteiger partial charge in [0.25, 0.3) is 5.56 Å². The van der Waals surface area contributed by atoms with Crippen LogP contribution in [-0.2, 0) is 16.8 Å². The molecule has 0 unspecified atom stereocenters. The summed E-state index contributed by atoms with van der Waals surface area (Å²) in [5.41, 5.74) is 10.7. The number of nitrogens with zero attached hydrogens (tertiary/aromatic N) is 4. The largest absolute Gasteiger partial charge is 0.379 e. The molecule has 5 heterocycles. The van der Waals surface area contributed by atoms with Crippen molar-refractivity contribution in [2.45, 2.75) is 30.9 Å². The molecule has 3 aromatic heterocycles. The Labute approximate surface area is 218 Å². The fourth-order valence-electron chi connectivity index (χ4n) is 6.19. The summed E-state index contributed by atoms with van der Waals surface area (Å²) in [6.45, 7) is 6.13. The first-order valence-corrected chi connectivity index (χ1v) is 12.9. The van der Waals surface area contributed by atoms with Gasteiger partial charge in [-0.3, -0.25) is 19.9 Å². The number of anilines is 1. The number of nitrogens with one attached hydrogen (secondary N) is 2. The Morgan fingerprint density at radius 2 is 1.97 bits per heavy atom. The zero-order chi connectivity index (χ0) is 26.1. The highest BCUT2D eigenvalue weighted by Gasteiger charge is 2.46. The number of rotatable bonds is 4. The van der Waals surface area contributed by atoms with Crippen molar-refractivity contribution in [1.82, 2.24) is 25.1 Å². The second kappa shape index (κ2) is 8.32. The van der Waals surface area contributed by atoms with Crippen molar-refractivity contribution in [3.05, 3.63) is 87.6 Å². The van der Waals surface area contributed by atoms with Gasteiger partial charge < -0.3 is 20.5 Å². The van der Waals surface area contributed by atoms with E-state index in [1.807, 2.05) is 6.07 Å². The van der Waals surface area contributed by atoms with Gasteiger partial charge in [0, 0.05) is 36.5 Å². The minimum atomic E-state index is -1.04. The molecule has 0 bridgehead atoms. The highest BCUT2D eigenvalue weighted by Crippen LogP contribution is 2.50. The SMILES string of the molecule is C=C(c1ccc(C2(O)COC2)nc1)c1n[nH]c2nc(N3CCC4(CC3)Cc3ccccc3[C@H]4N)[nH]c(=O)c12. The summed E-state index contributed by atoms with van der Waals surface area (Å²) in [6.07, 6.45) is 4.48. The molecule has 2 aliphatic heterocycles. The zero-order valence-electron chi connectivity index (χ0n) is 20.9. The molecular formula is C28H29N7O3. The molecule has 2 saturated heterocycles. The minimum Gasteiger partial charge on any atom is -0.379 e. The molecule has 4 aromatic rings. The highest BCUT2D eigenvalue weighted by atomic mass is 16.5. The van der Waals surface area contributed by atoms with Crippen molar-refractivity contribution >= 4 is 22.6 Å². The number of aromatic nitrogens is 5. The summed E-state index contributed by atoms with van der Waals surface area (Å²) in [6, 6.07) is 12.1. The topological polar surface area (TPSA) is 146 Å². The third-order valence-electron chi connectivity index (χ3n) is 8.62. The van der Waals surface area contributed by atoms with Crippen LogP contribution in [-0.4, -0.2) is 56.6 Å². The van der Waals surface area contributed by atoms with Gasteiger partial charge in [-0.25, -0.2) is 0 Å². The number of pyridine rings is 1. The van der Waals surface area contributed by atoms with Gasteiger partial charge in [-0.15, -0.1) is 0 Å². The lowest BCUT2D eigenvalue weighted by Crippen LogP contribution is -2.47. The third kappa shape index (κ3) is 3.44. The number of fused-ring (bicyclic) bond motifs is 2. The second-order valence-corrected chi connectivity index (χ2v) is 10.8. The first kappa shape index (κ1) is 23.3. The average molecular weight is 512 g/mol. The van der Waals surface area contributed by atoms with Gasteiger partial charge in [-0.05, 0) is 41.9 Å². The summed E-state index contributed by atoms with van der Waals surface area (Å²) < 4.78 is 5.11. The molecule has 1 aliphatic carbocycles. The predicted octanol–water partition coefficient (Wildman–Crippen LogP) is 2.16. The molecule has 1 spiro atoms. The molecule has 38 heavy (non-hydrogen) atoms. The van der Waals surface area contributed by atoms with Gasteiger partial charge >= 0.3 is 0 Å². The summed E-state index contributed by atoms with van der Waals surface area (Å²) in [4.78, 5) is 27.4. The lowest BCUT2D eigenvalue weighted by molar-refractivity contribution is -0.186. The van der Waals surface area contributed by atoms with Crippen LogP contribution in [0.25, 0.3) is 16.6 Å². The normalized spacial score (nSPS) is 21.4. The smallest absolute Gasteiger partial charge is 0.264 e. The Balaban J connectivity index is 1.11. The molecule has 0 radical (unpaired) electrons. The van der Waals surface area contributed by atoms with E-state index in [-0.39, 0.29) is 30.2 Å². The lowest BCUT2D eigenvalue weighted by Gasteiger charge is -2.42. The summed E-state index contributed by atoms with van der Waals surface area (Å²) in [5, 5.41) is 18.1. The van der Waals surface area contributed by atoms with Crippen molar-refractivity contribution in [3.63, 3.8) is 0 Å². The van der Waals surface area contributed by atoms with E-state index in [2.05, 4.69) is 55.9 Å². The lowest BCUT2D eigenvalue weighted by atomic mass is 9.73.